The van der Waals surface area contributed by atoms with Crippen LogP contribution in [-0.4, -0.2) is 69.2 Å². The Bertz CT molecular complexity index is 1320. The average molecular weight is 608 g/mol. The van der Waals surface area contributed by atoms with Gasteiger partial charge in [0.25, 0.3) is 5.91 Å². The van der Waals surface area contributed by atoms with Crippen LogP contribution in [0.2, 0.25) is 0 Å². The number of carbonyl (C=O) groups is 2. The first-order valence-corrected chi connectivity index (χ1v) is 17.0. The van der Waals surface area contributed by atoms with Gasteiger partial charge in [0.05, 0.1) is 30.3 Å². The van der Waals surface area contributed by atoms with Crippen molar-refractivity contribution in [1.29, 1.82) is 0 Å². The predicted molar refractivity (Wildman–Crippen MR) is 174 cm³/mol. The Morgan fingerprint density at radius 1 is 1.00 bits per heavy atom. The number of benzene rings is 1. The number of aromatic nitrogens is 3. The lowest BCUT2D eigenvalue weighted by molar-refractivity contribution is -0.135. The van der Waals surface area contributed by atoms with E-state index in [1.54, 1.807) is 13.3 Å². The molecule has 1 aliphatic heterocycles. The Balaban J connectivity index is 1.33. The maximum Gasteiger partial charge on any atom is 0.257 e. The van der Waals surface area contributed by atoms with Crippen molar-refractivity contribution in [2.45, 2.75) is 104 Å². The van der Waals surface area contributed by atoms with Crippen molar-refractivity contribution >= 4 is 23.2 Å². The second kappa shape index (κ2) is 16.0. The summed E-state index contributed by atoms with van der Waals surface area (Å²) < 4.78 is 7.08. The highest BCUT2D eigenvalue weighted by molar-refractivity contribution is 7.12. The first kappa shape index (κ1) is 32.7. The molecule has 0 aliphatic carbocycles. The SMILES string of the molecule is CCCCCCCCCCCC(=O)N1CCN(C(=O)c2cnn(-c3nc(-c4ccc(OC)cc4)cs3)c2C(C)C)CC1C. The first-order chi connectivity index (χ1) is 20.8. The molecule has 43 heavy (non-hydrogen) atoms. The summed E-state index contributed by atoms with van der Waals surface area (Å²) in [5.74, 6) is 1.07. The van der Waals surface area contributed by atoms with Gasteiger partial charge in [0, 0.05) is 43.0 Å². The van der Waals surface area contributed by atoms with Gasteiger partial charge >= 0.3 is 0 Å². The van der Waals surface area contributed by atoms with Crippen LogP contribution in [0.4, 0.5) is 0 Å². The van der Waals surface area contributed by atoms with E-state index in [1.807, 2.05) is 44.1 Å². The molecule has 3 heterocycles. The zero-order valence-corrected chi connectivity index (χ0v) is 27.5. The molecule has 1 saturated heterocycles. The highest BCUT2D eigenvalue weighted by Crippen LogP contribution is 2.30. The second-order valence-corrected chi connectivity index (χ2v) is 12.9. The van der Waals surface area contributed by atoms with Gasteiger partial charge in [-0.15, -0.1) is 11.3 Å². The summed E-state index contributed by atoms with van der Waals surface area (Å²) >= 11 is 1.51. The lowest BCUT2D eigenvalue weighted by atomic mass is 10.0. The van der Waals surface area contributed by atoms with Gasteiger partial charge in [-0.05, 0) is 43.5 Å². The van der Waals surface area contributed by atoms with Crippen molar-refractivity contribution in [3.05, 3.63) is 47.1 Å². The molecule has 3 aromatic rings. The van der Waals surface area contributed by atoms with Crippen LogP contribution in [0.1, 0.15) is 114 Å². The van der Waals surface area contributed by atoms with Crippen LogP contribution in [0.3, 0.4) is 0 Å². The summed E-state index contributed by atoms with van der Waals surface area (Å²) in [6, 6.07) is 7.81. The van der Waals surface area contributed by atoms with Gasteiger partial charge < -0.3 is 14.5 Å². The summed E-state index contributed by atoms with van der Waals surface area (Å²) in [4.78, 5) is 35.5. The van der Waals surface area contributed by atoms with Crippen LogP contribution < -0.4 is 4.74 Å². The Kier molecular flexibility index (Phi) is 12.2. The van der Waals surface area contributed by atoms with Crippen molar-refractivity contribution in [2.75, 3.05) is 26.7 Å². The molecule has 2 amide bonds. The lowest BCUT2D eigenvalue weighted by Gasteiger charge is -2.40. The molecule has 1 atom stereocenters. The van der Waals surface area contributed by atoms with Crippen molar-refractivity contribution in [3.8, 4) is 22.1 Å². The van der Waals surface area contributed by atoms with E-state index in [0.29, 0.717) is 31.6 Å². The normalized spacial score (nSPS) is 15.3. The maximum absolute atomic E-state index is 13.8. The van der Waals surface area contributed by atoms with Crippen LogP contribution in [0.5, 0.6) is 5.75 Å². The van der Waals surface area contributed by atoms with Gasteiger partial charge in [-0.1, -0.05) is 72.1 Å². The zero-order valence-electron chi connectivity index (χ0n) is 26.7. The number of amides is 2. The summed E-state index contributed by atoms with van der Waals surface area (Å²) in [7, 11) is 1.65. The van der Waals surface area contributed by atoms with E-state index in [-0.39, 0.29) is 23.8 Å². The first-order valence-electron chi connectivity index (χ1n) is 16.1. The molecule has 2 aromatic heterocycles. The molecule has 1 fully saturated rings. The Morgan fingerprint density at radius 2 is 1.67 bits per heavy atom. The maximum atomic E-state index is 13.8. The van der Waals surface area contributed by atoms with Crippen molar-refractivity contribution < 1.29 is 14.3 Å². The van der Waals surface area contributed by atoms with Gasteiger partial charge in [-0.3, -0.25) is 9.59 Å². The van der Waals surface area contributed by atoms with E-state index in [2.05, 4.69) is 32.8 Å². The molecule has 0 saturated carbocycles. The number of piperazine rings is 1. The minimum absolute atomic E-state index is 0.00710. The number of nitrogens with zero attached hydrogens (tertiary/aromatic N) is 5. The molecule has 1 unspecified atom stereocenters. The van der Waals surface area contributed by atoms with Crippen molar-refractivity contribution in [3.63, 3.8) is 0 Å². The van der Waals surface area contributed by atoms with Crippen LogP contribution in [0.25, 0.3) is 16.4 Å². The van der Waals surface area contributed by atoms with Crippen LogP contribution in [-0.2, 0) is 4.79 Å². The number of methoxy groups -OCH3 is 1. The van der Waals surface area contributed by atoms with E-state index in [1.165, 1.54) is 56.3 Å². The number of thiazole rings is 1. The third kappa shape index (κ3) is 8.46. The molecule has 9 heteroatoms. The van der Waals surface area contributed by atoms with Crippen LogP contribution in [0, 0.1) is 0 Å². The fourth-order valence-electron chi connectivity index (χ4n) is 5.90. The van der Waals surface area contributed by atoms with Crippen molar-refractivity contribution in [1.82, 2.24) is 24.6 Å². The number of ether oxygens (including phenoxy) is 1. The third-order valence-electron chi connectivity index (χ3n) is 8.37. The highest BCUT2D eigenvalue weighted by atomic mass is 32.1. The molecule has 234 valence electrons. The summed E-state index contributed by atoms with van der Waals surface area (Å²) in [5.41, 5.74) is 3.32. The van der Waals surface area contributed by atoms with E-state index in [0.717, 1.165) is 40.7 Å². The molecule has 4 rings (SSSR count). The molecule has 1 aromatic carbocycles. The smallest absolute Gasteiger partial charge is 0.257 e. The average Bonchev–Trinajstić information content (AvgIpc) is 3.68. The summed E-state index contributed by atoms with van der Waals surface area (Å²) in [5, 5.41) is 7.37. The van der Waals surface area contributed by atoms with E-state index >= 15 is 0 Å². The molecule has 0 N–H and O–H groups in total. The van der Waals surface area contributed by atoms with E-state index < -0.39 is 0 Å². The zero-order chi connectivity index (χ0) is 30.8. The molecule has 8 nitrogen and oxygen atoms in total. The largest absolute Gasteiger partial charge is 0.497 e. The highest BCUT2D eigenvalue weighted by Gasteiger charge is 2.32. The van der Waals surface area contributed by atoms with Crippen molar-refractivity contribution in [2.24, 2.45) is 0 Å². The number of carbonyl (C=O) groups excluding carboxylic acids is 2. The minimum Gasteiger partial charge on any atom is -0.497 e. The number of hydrogen-bond acceptors (Lipinski definition) is 6. The molecule has 0 bridgehead atoms. The van der Waals surface area contributed by atoms with E-state index in [4.69, 9.17) is 9.72 Å². The summed E-state index contributed by atoms with van der Waals surface area (Å²) in [6.45, 7) is 10.1. The van der Waals surface area contributed by atoms with E-state index in [9.17, 15) is 9.59 Å². The number of hydrogen-bond donors (Lipinski definition) is 0. The standard InChI is InChI=1S/C34H49N5O3S/c1-6-7-8-9-10-11-12-13-14-15-31(40)38-21-20-37(23-26(38)4)33(41)29-22-35-39(32(29)25(2)3)34-36-30(24-43-34)27-16-18-28(42-5)19-17-27/h16-19,22,24-26H,6-15,20-21,23H2,1-5H3. The third-order valence-corrected chi connectivity index (χ3v) is 9.19. The van der Waals surface area contributed by atoms with Gasteiger partial charge in [0.1, 0.15) is 5.75 Å². The minimum atomic E-state index is -0.0280. The van der Waals surface area contributed by atoms with Gasteiger partial charge in [0.2, 0.25) is 11.0 Å². The second-order valence-electron chi connectivity index (χ2n) is 12.0. The predicted octanol–water partition coefficient (Wildman–Crippen LogP) is 7.72. The fourth-order valence-corrected chi connectivity index (χ4v) is 6.70. The molecule has 0 radical (unpaired) electrons. The van der Waals surface area contributed by atoms with Gasteiger partial charge in [-0.2, -0.15) is 5.10 Å². The quantitative estimate of drug-likeness (QED) is 0.165. The topological polar surface area (TPSA) is 80.6 Å². The summed E-state index contributed by atoms with van der Waals surface area (Å²) in [6.07, 6.45) is 13.5. The fraction of sp³-hybridized carbons (Fsp3) is 0.588. The number of unbranched alkanes of at least 4 members (excludes halogenated alkanes) is 8. The van der Waals surface area contributed by atoms with Crippen LogP contribution >= 0.6 is 11.3 Å². The Morgan fingerprint density at radius 3 is 2.30 bits per heavy atom. The Labute approximate surface area is 261 Å². The molecular formula is C34H49N5O3S. The Hall–Kier alpha value is -3.20. The van der Waals surface area contributed by atoms with Crippen LogP contribution in [0.15, 0.2) is 35.8 Å². The van der Waals surface area contributed by atoms with Gasteiger partial charge in [0.15, 0.2) is 0 Å². The lowest BCUT2D eigenvalue weighted by Crippen LogP contribution is -2.55. The molecule has 0 spiro atoms. The monoisotopic (exact) mass is 607 g/mol. The molecular weight excluding hydrogens is 558 g/mol. The van der Waals surface area contributed by atoms with Gasteiger partial charge in [-0.25, -0.2) is 9.67 Å². The molecule has 1 aliphatic rings. The number of rotatable bonds is 15.